The van der Waals surface area contributed by atoms with Gasteiger partial charge in [0.25, 0.3) is 0 Å². The smallest absolute Gasteiger partial charge is 0.137 e. The zero-order chi connectivity index (χ0) is 14.8. The normalized spacial score (nSPS) is 23.5. The van der Waals surface area contributed by atoms with Gasteiger partial charge in [-0.05, 0) is 25.2 Å². The molecule has 0 saturated heterocycles. The highest BCUT2D eigenvalue weighted by atomic mass is 16.5. The van der Waals surface area contributed by atoms with Crippen LogP contribution in [0.2, 0.25) is 0 Å². The van der Waals surface area contributed by atoms with E-state index in [1.165, 1.54) is 6.42 Å². The van der Waals surface area contributed by atoms with E-state index in [1.54, 1.807) is 14.2 Å². The SMILES string of the molecule is CCC1CCC(=O)C(CN(CCCOC)CCOC)C1. The van der Waals surface area contributed by atoms with Crippen molar-refractivity contribution in [1.29, 1.82) is 0 Å². The largest absolute Gasteiger partial charge is 0.385 e. The summed E-state index contributed by atoms with van der Waals surface area (Å²) in [5.74, 6) is 1.43. The molecule has 1 aliphatic rings. The zero-order valence-electron chi connectivity index (χ0n) is 13.4. The fourth-order valence-corrected chi connectivity index (χ4v) is 3.01. The second-order valence-electron chi connectivity index (χ2n) is 5.85. The number of carbonyl (C=O) groups is 1. The van der Waals surface area contributed by atoms with Crippen LogP contribution in [0.3, 0.4) is 0 Å². The van der Waals surface area contributed by atoms with E-state index in [4.69, 9.17) is 9.47 Å². The van der Waals surface area contributed by atoms with Gasteiger partial charge in [-0.2, -0.15) is 0 Å². The van der Waals surface area contributed by atoms with Crippen LogP contribution in [0, 0.1) is 11.8 Å². The molecule has 0 aromatic heterocycles. The van der Waals surface area contributed by atoms with Crippen molar-refractivity contribution in [3.05, 3.63) is 0 Å². The molecule has 0 aromatic carbocycles. The number of nitrogens with zero attached hydrogens (tertiary/aromatic N) is 1. The van der Waals surface area contributed by atoms with Crippen molar-refractivity contribution >= 4 is 5.78 Å². The van der Waals surface area contributed by atoms with E-state index in [0.29, 0.717) is 5.78 Å². The molecule has 0 N–H and O–H groups in total. The third kappa shape index (κ3) is 6.33. The van der Waals surface area contributed by atoms with Crippen LogP contribution < -0.4 is 0 Å². The summed E-state index contributed by atoms with van der Waals surface area (Å²) in [4.78, 5) is 14.5. The molecule has 2 atom stereocenters. The first-order chi connectivity index (χ1) is 9.71. The first-order valence-corrected chi connectivity index (χ1v) is 7.94. The van der Waals surface area contributed by atoms with Gasteiger partial charge in [-0.25, -0.2) is 0 Å². The topological polar surface area (TPSA) is 38.8 Å². The van der Waals surface area contributed by atoms with Crippen molar-refractivity contribution < 1.29 is 14.3 Å². The highest BCUT2D eigenvalue weighted by Crippen LogP contribution is 2.29. The molecule has 4 nitrogen and oxygen atoms in total. The van der Waals surface area contributed by atoms with E-state index in [2.05, 4.69) is 11.8 Å². The third-order valence-electron chi connectivity index (χ3n) is 4.36. The Bertz CT molecular complexity index is 270. The fraction of sp³-hybridized carbons (Fsp3) is 0.938. The number of hydrogen-bond acceptors (Lipinski definition) is 4. The molecule has 1 fully saturated rings. The van der Waals surface area contributed by atoms with Crippen molar-refractivity contribution in [2.45, 2.75) is 39.0 Å². The Balaban J connectivity index is 2.45. The zero-order valence-corrected chi connectivity index (χ0v) is 13.4. The summed E-state index contributed by atoms with van der Waals surface area (Å²) < 4.78 is 10.3. The number of carbonyl (C=O) groups excluding carboxylic acids is 1. The Labute approximate surface area is 123 Å². The summed E-state index contributed by atoms with van der Waals surface area (Å²) >= 11 is 0. The van der Waals surface area contributed by atoms with Crippen molar-refractivity contribution in [3.8, 4) is 0 Å². The predicted molar refractivity (Wildman–Crippen MR) is 80.9 cm³/mol. The van der Waals surface area contributed by atoms with E-state index in [1.807, 2.05) is 0 Å². The molecule has 0 aromatic rings. The van der Waals surface area contributed by atoms with E-state index >= 15 is 0 Å². The molecule has 0 amide bonds. The summed E-state index contributed by atoms with van der Waals surface area (Å²) in [6, 6.07) is 0. The van der Waals surface area contributed by atoms with Gasteiger partial charge in [0.2, 0.25) is 0 Å². The molecule has 20 heavy (non-hydrogen) atoms. The standard InChI is InChI=1S/C16H31NO3/c1-4-14-6-7-16(18)15(12-14)13-17(9-11-20-3)8-5-10-19-2/h14-15H,4-13H2,1-3H3. The van der Waals surface area contributed by atoms with Crippen LogP contribution in [-0.2, 0) is 14.3 Å². The maximum atomic E-state index is 12.1. The Kier molecular flexibility index (Phi) is 9.07. The summed E-state index contributed by atoms with van der Waals surface area (Å²) in [7, 11) is 3.46. The van der Waals surface area contributed by atoms with Crippen LogP contribution in [0.15, 0.2) is 0 Å². The Morgan fingerprint density at radius 1 is 1.20 bits per heavy atom. The van der Waals surface area contributed by atoms with Gasteiger partial charge in [-0.1, -0.05) is 13.3 Å². The molecule has 118 valence electrons. The van der Waals surface area contributed by atoms with Crippen molar-refractivity contribution in [2.75, 3.05) is 47.1 Å². The molecule has 0 radical (unpaired) electrons. The molecule has 0 aliphatic heterocycles. The molecular formula is C16H31NO3. The first-order valence-electron chi connectivity index (χ1n) is 7.94. The third-order valence-corrected chi connectivity index (χ3v) is 4.36. The van der Waals surface area contributed by atoms with Crippen LogP contribution in [-0.4, -0.2) is 57.8 Å². The van der Waals surface area contributed by atoms with Crippen LogP contribution in [0.4, 0.5) is 0 Å². The molecule has 2 unspecified atom stereocenters. The van der Waals surface area contributed by atoms with E-state index in [0.717, 1.165) is 64.4 Å². The van der Waals surface area contributed by atoms with Crippen LogP contribution >= 0.6 is 0 Å². The lowest BCUT2D eigenvalue weighted by atomic mass is 9.79. The van der Waals surface area contributed by atoms with Crippen molar-refractivity contribution in [2.24, 2.45) is 11.8 Å². The van der Waals surface area contributed by atoms with E-state index in [9.17, 15) is 4.79 Å². The maximum absolute atomic E-state index is 12.1. The van der Waals surface area contributed by atoms with Gasteiger partial charge in [-0.15, -0.1) is 0 Å². The number of Topliss-reactive ketones (excluding diaryl/α,β-unsaturated/α-hetero) is 1. The summed E-state index contributed by atoms with van der Waals surface area (Å²) in [5.41, 5.74) is 0. The van der Waals surface area contributed by atoms with Gasteiger partial charge < -0.3 is 14.4 Å². The minimum absolute atomic E-state index is 0.230. The molecule has 0 heterocycles. The quantitative estimate of drug-likeness (QED) is 0.578. The average molecular weight is 285 g/mol. The van der Waals surface area contributed by atoms with Gasteiger partial charge >= 0.3 is 0 Å². The van der Waals surface area contributed by atoms with Crippen molar-refractivity contribution in [1.82, 2.24) is 4.90 Å². The second-order valence-corrected chi connectivity index (χ2v) is 5.85. The van der Waals surface area contributed by atoms with E-state index in [-0.39, 0.29) is 5.92 Å². The van der Waals surface area contributed by atoms with Gasteiger partial charge in [0, 0.05) is 52.8 Å². The number of methoxy groups -OCH3 is 2. The summed E-state index contributed by atoms with van der Waals surface area (Å²) in [6.45, 7) is 6.52. The molecule has 4 heteroatoms. The molecule has 1 saturated carbocycles. The minimum atomic E-state index is 0.230. The van der Waals surface area contributed by atoms with Crippen LogP contribution in [0.5, 0.6) is 0 Å². The van der Waals surface area contributed by atoms with Crippen molar-refractivity contribution in [3.63, 3.8) is 0 Å². The Morgan fingerprint density at radius 2 is 1.95 bits per heavy atom. The lowest BCUT2D eigenvalue weighted by molar-refractivity contribution is -0.126. The lowest BCUT2D eigenvalue weighted by Crippen LogP contribution is -2.39. The second kappa shape index (κ2) is 10.3. The highest BCUT2D eigenvalue weighted by molar-refractivity contribution is 5.81. The molecule has 1 aliphatic carbocycles. The van der Waals surface area contributed by atoms with Gasteiger partial charge in [0.15, 0.2) is 0 Å². The number of ketones is 1. The number of hydrogen-bond donors (Lipinski definition) is 0. The van der Waals surface area contributed by atoms with E-state index < -0.39 is 0 Å². The molecular weight excluding hydrogens is 254 g/mol. The minimum Gasteiger partial charge on any atom is -0.385 e. The van der Waals surface area contributed by atoms with Gasteiger partial charge in [0.05, 0.1) is 6.61 Å². The molecule has 0 bridgehead atoms. The lowest BCUT2D eigenvalue weighted by Gasteiger charge is -2.32. The van der Waals surface area contributed by atoms with Crippen LogP contribution in [0.25, 0.3) is 0 Å². The highest BCUT2D eigenvalue weighted by Gasteiger charge is 2.29. The molecule has 1 rings (SSSR count). The average Bonchev–Trinajstić information content (AvgIpc) is 2.46. The van der Waals surface area contributed by atoms with Gasteiger partial charge in [-0.3, -0.25) is 4.79 Å². The number of rotatable bonds is 10. The summed E-state index contributed by atoms with van der Waals surface area (Å²) in [5, 5.41) is 0. The Morgan fingerprint density at radius 3 is 2.60 bits per heavy atom. The van der Waals surface area contributed by atoms with Crippen LogP contribution in [0.1, 0.15) is 39.0 Å². The first kappa shape index (κ1) is 17.6. The maximum Gasteiger partial charge on any atom is 0.137 e. The fourth-order valence-electron chi connectivity index (χ4n) is 3.01. The number of ether oxygens (including phenoxy) is 2. The monoisotopic (exact) mass is 285 g/mol. The summed E-state index contributed by atoms with van der Waals surface area (Å²) in [6.07, 6.45) is 5.15. The predicted octanol–water partition coefficient (Wildman–Crippen LogP) is 2.37. The molecule has 0 spiro atoms. The Hall–Kier alpha value is -0.450. The van der Waals surface area contributed by atoms with Gasteiger partial charge in [0.1, 0.15) is 5.78 Å².